The molecule has 0 saturated heterocycles. The third-order valence-corrected chi connectivity index (χ3v) is 3.54. The van der Waals surface area contributed by atoms with E-state index in [0.717, 1.165) is 17.0 Å². The number of amidine groups is 1. The number of halogens is 2. The lowest BCUT2D eigenvalue weighted by Gasteiger charge is -2.20. The number of nitrogens with one attached hydrogen (secondary N) is 1. The summed E-state index contributed by atoms with van der Waals surface area (Å²) in [4.78, 5) is 2.51. The minimum atomic E-state index is -0.718. The molecule has 0 spiro atoms. The fourth-order valence-corrected chi connectivity index (χ4v) is 2.56. The Balaban J connectivity index is 2.31. The first-order chi connectivity index (χ1) is 8.99. The van der Waals surface area contributed by atoms with Crippen LogP contribution < -0.4 is 10.6 Å². The molecule has 0 aliphatic heterocycles. The van der Waals surface area contributed by atoms with E-state index in [2.05, 4.69) is 0 Å². The Morgan fingerprint density at radius 1 is 1.37 bits per heavy atom. The fraction of sp³-hybridized carbons (Fsp3) is 0.154. The monoisotopic (exact) mass is 281 g/mol. The van der Waals surface area contributed by atoms with Crippen molar-refractivity contribution in [3.05, 3.63) is 51.7 Å². The van der Waals surface area contributed by atoms with Gasteiger partial charge in [-0.25, -0.2) is 8.78 Å². The Kier molecular flexibility index (Phi) is 3.80. The van der Waals surface area contributed by atoms with Gasteiger partial charge < -0.3 is 10.6 Å². The van der Waals surface area contributed by atoms with Crippen molar-refractivity contribution in [2.45, 2.75) is 6.54 Å². The standard InChI is InChI=1S/C13H13F2N3S/c1-18(7-9-3-2-4-19-9)12-10(14)5-8(13(16)17)6-11(12)15/h2-6H,7H2,1H3,(H3,16,17). The van der Waals surface area contributed by atoms with E-state index < -0.39 is 11.6 Å². The lowest BCUT2D eigenvalue weighted by atomic mass is 10.1. The van der Waals surface area contributed by atoms with Gasteiger partial charge in [0.25, 0.3) is 0 Å². The number of anilines is 1. The molecule has 0 bridgehead atoms. The van der Waals surface area contributed by atoms with Crippen molar-refractivity contribution in [2.24, 2.45) is 5.73 Å². The molecule has 0 aliphatic rings. The van der Waals surface area contributed by atoms with Gasteiger partial charge in [0, 0.05) is 17.5 Å². The molecule has 0 saturated carbocycles. The molecule has 2 rings (SSSR count). The minimum Gasteiger partial charge on any atom is -0.384 e. The summed E-state index contributed by atoms with van der Waals surface area (Å²) < 4.78 is 27.8. The van der Waals surface area contributed by atoms with Crippen LogP contribution in [0.2, 0.25) is 0 Å². The summed E-state index contributed by atoms with van der Waals surface area (Å²) >= 11 is 1.53. The zero-order valence-electron chi connectivity index (χ0n) is 10.3. The lowest BCUT2D eigenvalue weighted by molar-refractivity contribution is 0.576. The Hall–Kier alpha value is -1.95. The highest BCUT2D eigenvalue weighted by molar-refractivity contribution is 7.09. The molecule has 0 atom stereocenters. The minimum absolute atomic E-state index is 0.0447. The zero-order valence-corrected chi connectivity index (χ0v) is 11.1. The van der Waals surface area contributed by atoms with Crippen LogP contribution in [0.1, 0.15) is 10.4 Å². The first kappa shape index (κ1) is 13.5. The molecule has 0 fully saturated rings. The third kappa shape index (κ3) is 2.90. The molecule has 3 nitrogen and oxygen atoms in total. The van der Waals surface area contributed by atoms with Crippen LogP contribution in [0.3, 0.4) is 0 Å². The average Bonchev–Trinajstić information content (AvgIpc) is 2.80. The van der Waals surface area contributed by atoms with Crippen molar-refractivity contribution in [3.8, 4) is 0 Å². The first-order valence-electron chi connectivity index (χ1n) is 5.56. The Morgan fingerprint density at radius 3 is 2.47 bits per heavy atom. The maximum atomic E-state index is 13.9. The van der Waals surface area contributed by atoms with Crippen LogP contribution in [-0.4, -0.2) is 12.9 Å². The average molecular weight is 281 g/mol. The smallest absolute Gasteiger partial charge is 0.150 e. The summed E-state index contributed by atoms with van der Waals surface area (Å²) in [5.41, 5.74) is 5.16. The van der Waals surface area contributed by atoms with Crippen LogP contribution in [0.5, 0.6) is 0 Å². The van der Waals surface area contributed by atoms with Gasteiger partial charge in [-0.2, -0.15) is 0 Å². The molecule has 2 aromatic rings. The van der Waals surface area contributed by atoms with Gasteiger partial charge in [0.15, 0.2) is 0 Å². The van der Waals surface area contributed by atoms with Crippen LogP contribution >= 0.6 is 11.3 Å². The van der Waals surface area contributed by atoms with Gasteiger partial charge in [-0.3, -0.25) is 5.41 Å². The molecular formula is C13H13F2N3S. The molecule has 6 heteroatoms. The highest BCUT2D eigenvalue weighted by Gasteiger charge is 2.16. The third-order valence-electron chi connectivity index (χ3n) is 2.68. The van der Waals surface area contributed by atoms with E-state index in [1.54, 1.807) is 7.05 Å². The van der Waals surface area contributed by atoms with E-state index in [-0.39, 0.29) is 17.1 Å². The molecule has 19 heavy (non-hydrogen) atoms. The Bertz CT molecular complexity index is 573. The predicted octanol–water partition coefficient (Wildman–Crippen LogP) is 2.95. The van der Waals surface area contributed by atoms with E-state index in [1.807, 2.05) is 17.5 Å². The topological polar surface area (TPSA) is 53.1 Å². The van der Waals surface area contributed by atoms with Crippen LogP contribution in [0.15, 0.2) is 29.6 Å². The SMILES string of the molecule is CN(Cc1cccs1)c1c(F)cc(C(=N)N)cc1F. The number of nitrogens with two attached hydrogens (primary N) is 1. The molecule has 0 amide bonds. The first-order valence-corrected chi connectivity index (χ1v) is 6.44. The number of rotatable bonds is 4. The number of benzene rings is 1. The molecular weight excluding hydrogens is 268 g/mol. The van der Waals surface area contributed by atoms with Gasteiger partial charge in [0.1, 0.15) is 23.2 Å². The molecule has 0 unspecified atom stereocenters. The largest absolute Gasteiger partial charge is 0.384 e. The summed E-state index contributed by atoms with van der Waals surface area (Å²) in [5, 5.41) is 9.11. The number of nitrogen functional groups attached to an aromatic ring is 1. The van der Waals surface area contributed by atoms with Crippen LogP contribution in [-0.2, 0) is 6.54 Å². The molecule has 100 valence electrons. The zero-order chi connectivity index (χ0) is 14.0. The van der Waals surface area contributed by atoms with Crippen molar-refractivity contribution < 1.29 is 8.78 Å². The Morgan fingerprint density at radius 2 is 2.00 bits per heavy atom. The molecule has 3 N–H and O–H groups in total. The fourth-order valence-electron chi connectivity index (χ4n) is 1.80. The van der Waals surface area contributed by atoms with E-state index in [9.17, 15) is 8.78 Å². The molecule has 0 aliphatic carbocycles. The summed E-state index contributed by atoms with van der Waals surface area (Å²) in [7, 11) is 1.62. The maximum absolute atomic E-state index is 13.9. The van der Waals surface area contributed by atoms with Crippen LogP contribution in [0.25, 0.3) is 0 Å². The number of hydrogen-bond acceptors (Lipinski definition) is 3. The van der Waals surface area contributed by atoms with E-state index in [0.29, 0.717) is 6.54 Å². The van der Waals surface area contributed by atoms with Crippen LogP contribution in [0.4, 0.5) is 14.5 Å². The van der Waals surface area contributed by atoms with Crippen LogP contribution in [0, 0.1) is 17.0 Å². The predicted molar refractivity (Wildman–Crippen MR) is 73.8 cm³/mol. The van der Waals surface area contributed by atoms with Crippen molar-refractivity contribution >= 4 is 22.9 Å². The highest BCUT2D eigenvalue weighted by Crippen LogP contribution is 2.26. The molecule has 1 aromatic carbocycles. The molecule has 1 aromatic heterocycles. The number of nitrogens with zero attached hydrogens (tertiary/aromatic N) is 1. The van der Waals surface area contributed by atoms with Gasteiger partial charge in [-0.05, 0) is 23.6 Å². The summed E-state index contributed by atoms with van der Waals surface area (Å²) in [5.74, 6) is -1.79. The summed E-state index contributed by atoms with van der Waals surface area (Å²) in [6.45, 7) is 0.422. The van der Waals surface area contributed by atoms with Gasteiger partial charge in [-0.15, -0.1) is 11.3 Å². The quantitative estimate of drug-likeness (QED) is 0.668. The van der Waals surface area contributed by atoms with E-state index in [1.165, 1.54) is 16.2 Å². The van der Waals surface area contributed by atoms with Crippen molar-refractivity contribution in [3.63, 3.8) is 0 Å². The second-order valence-corrected chi connectivity index (χ2v) is 5.17. The number of thiophene rings is 1. The van der Waals surface area contributed by atoms with Gasteiger partial charge >= 0.3 is 0 Å². The normalized spacial score (nSPS) is 10.5. The molecule has 0 radical (unpaired) electrons. The number of hydrogen-bond donors (Lipinski definition) is 2. The maximum Gasteiger partial charge on any atom is 0.150 e. The van der Waals surface area contributed by atoms with Crippen molar-refractivity contribution in [2.75, 3.05) is 11.9 Å². The van der Waals surface area contributed by atoms with Gasteiger partial charge in [0.2, 0.25) is 0 Å². The second-order valence-electron chi connectivity index (χ2n) is 4.14. The lowest BCUT2D eigenvalue weighted by Crippen LogP contribution is -2.20. The van der Waals surface area contributed by atoms with Crippen molar-refractivity contribution in [1.29, 1.82) is 5.41 Å². The highest BCUT2D eigenvalue weighted by atomic mass is 32.1. The summed E-state index contributed by atoms with van der Waals surface area (Å²) in [6.07, 6.45) is 0. The second kappa shape index (κ2) is 5.36. The van der Waals surface area contributed by atoms with Gasteiger partial charge in [0.05, 0.1) is 6.54 Å². The van der Waals surface area contributed by atoms with E-state index >= 15 is 0 Å². The van der Waals surface area contributed by atoms with E-state index in [4.69, 9.17) is 11.1 Å². The summed E-state index contributed by atoms with van der Waals surface area (Å²) in [6, 6.07) is 5.94. The Labute approximate surface area is 113 Å². The van der Waals surface area contributed by atoms with Gasteiger partial charge in [-0.1, -0.05) is 6.07 Å². The van der Waals surface area contributed by atoms with Crippen molar-refractivity contribution in [1.82, 2.24) is 0 Å². The molecule has 1 heterocycles.